The third kappa shape index (κ3) is 3.40. The molecule has 2 aromatic carbocycles. The summed E-state index contributed by atoms with van der Waals surface area (Å²) in [7, 11) is -3.44. The molecule has 0 aliphatic carbocycles. The molecule has 0 aromatic heterocycles. The monoisotopic (exact) mass is 398 g/mol. The highest BCUT2D eigenvalue weighted by atomic mass is 32.2. The molecule has 2 aromatic rings. The maximum atomic E-state index is 13.2. The Morgan fingerprint density at radius 1 is 0.821 bits per heavy atom. The number of hydrogen-bond acceptors (Lipinski definition) is 3. The molecule has 0 spiro atoms. The molecule has 0 unspecified atom stereocenters. The second-order valence-corrected chi connectivity index (χ2v) is 10.2. The van der Waals surface area contributed by atoms with Gasteiger partial charge in [0.05, 0.1) is 4.90 Å². The zero-order chi connectivity index (χ0) is 19.8. The molecule has 150 valence electrons. The molecule has 4 rings (SSSR count). The quantitative estimate of drug-likeness (QED) is 0.779. The van der Waals surface area contributed by atoms with Crippen LogP contribution in [0.25, 0.3) is 0 Å². The maximum absolute atomic E-state index is 13.2. The smallest absolute Gasteiger partial charge is 0.243 e. The van der Waals surface area contributed by atoms with Crippen LogP contribution in [0.2, 0.25) is 0 Å². The summed E-state index contributed by atoms with van der Waals surface area (Å²) >= 11 is 0. The first-order chi connectivity index (χ1) is 13.4. The summed E-state index contributed by atoms with van der Waals surface area (Å²) < 4.78 is 28.2. The number of rotatable bonds is 4. The summed E-state index contributed by atoms with van der Waals surface area (Å²) in [6.45, 7) is 7.34. The van der Waals surface area contributed by atoms with Gasteiger partial charge in [-0.2, -0.15) is 4.31 Å². The number of likely N-dealkylation sites (tertiary alicyclic amines) is 1. The Balaban J connectivity index is 1.60. The molecule has 4 nitrogen and oxygen atoms in total. The van der Waals surface area contributed by atoms with Crippen molar-refractivity contribution < 1.29 is 8.42 Å². The van der Waals surface area contributed by atoms with E-state index in [-0.39, 0.29) is 5.54 Å². The Labute approximate surface area is 169 Å². The average molecular weight is 399 g/mol. The number of nitrogens with zero attached hydrogens (tertiary/aromatic N) is 2. The molecule has 0 N–H and O–H groups in total. The zero-order valence-electron chi connectivity index (χ0n) is 16.9. The summed E-state index contributed by atoms with van der Waals surface area (Å²) in [4.78, 5) is 3.02. The van der Waals surface area contributed by atoms with Crippen molar-refractivity contribution in [3.05, 3.63) is 65.2 Å². The van der Waals surface area contributed by atoms with Crippen molar-refractivity contribution in [2.75, 3.05) is 26.2 Å². The van der Waals surface area contributed by atoms with Crippen molar-refractivity contribution in [2.45, 2.75) is 50.0 Å². The van der Waals surface area contributed by atoms with Crippen LogP contribution in [0.15, 0.2) is 53.4 Å². The molecular weight excluding hydrogens is 368 g/mol. The van der Waals surface area contributed by atoms with Crippen LogP contribution in [0.5, 0.6) is 0 Å². The van der Waals surface area contributed by atoms with E-state index < -0.39 is 10.0 Å². The zero-order valence-corrected chi connectivity index (χ0v) is 17.7. The Morgan fingerprint density at radius 3 is 2.07 bits per heavy atom. The highest BCUT2D eigenvalue weighted by molar-refractivity contribution is 7.89. The van der Waals surface area contributed by atoms with Gasteiger partial charge < -0.3 is 0 Å². The van der Waals surface area contributed by atoms with Crippen LogP contribution in [0.4, 0.5) is 0 Å². The summed E-state index contributed by atoms with van der Waals surface area (Å²) in [6, 6.07) is 16.2. The van der Waals surface area contributed by atoms with Gasteiger partial charge in [0.1, 0.15) is 0 Å². The lowest BCUT2D eigenvalue weighted by atomic mass is 9.80. The van der Waals surface area contributed by atoms with E-state index >= 15 is 0 Å². The van der Waals surface area contributed by atoms with Crippen LogP contribution in [-0.4, -0.2) is 43.8 Å². The number of benzene rings is 2. The Hall–Kier alpha value is -1.69. The first kappa shape index (κ1) is 19.6. The van der Waals surface area contributed by atoms with Crippen LogP contribution in [0.3, 0.4) is 0 Å². The highest BCUT2D eigenvalue weighted by Gasteiger charge is 2.44. The molecule has 0 amide bonds. The highest BCUT2D eigenvalue weighted by Crippen LogP contribution is 2.41. The van der Waals surface area contributed by atoms with E-state index in [9.17, 15) is 8.42 Å². The fourth-order valence-corrected chi connectivity index (χ4v) is 6.33. The standard InChI is InChI=1S/C23H30N2O2S/c1-19-10-11-22(18-20(19)2)28(26,27)25-16-12-23(13-17-25,24-14-6-7-15-24)21-8-4-3-5-9-21/h3-5,8-11,18H,6-7,12-17H2,1-2H3. The van der Waals surface area contributed by atoms with Crippen molar-refractivity contribution >= 4 is 10.0 Å². The minimum absolute atomic E-state index is 0.0347. The first-order valence-corrected chi connectivity index (χ1v) is 11.8. The van der Waals surface area contributed by atoms with Crippen molar-refractivity contribution in [3.8, 4) is 0 Å². The van der Waals surface area contributed by atoms with Crippen LogP contribution < -0.4 is 0 Å². The SMILES string of the molecule is Cc1ccc(S(=O)(=O)N2CCC(c3ccccc3)(N3CCCC3)CC2)cc1C. The molecule has 2 heterocycles. The van der Waals surface area contributed by atoms with Gasteiger partial charge in [-0.25, -0.2) is 8.42 Å². The maximum Gasteiger partial charge on any atom is 0.243 e. The van der Waals surface area contributed by atoms with E-state index in [1.54, 1.807) is 10.4 Å². The van der Waals surface area contributed by atoms with Crippen LogP contribution >= 0.6 is 0 Å². The van der Waals surface area contributed by atoms with Gasteiger partial charge in [0.2, 0.25) is 10.0 Å². The second-order valence-electron chi connectivity index (χ2n) is 8.24. The van der Waals surface area contributed by atoms with Gasteiger partial charge in [0, 0.05) is 18.6 Å². The summed E-state index contributed by atoms with van der Waals surface area (Å²) in [5, 5.41) is 0. The minimum atomic E-state index is -3.44. The lowest BCUT2D eigenvalue weighted by Gasteiger charge is -2.47. The molecule has 2 aliphatic rings. The minimum Gasteiger partial charge on any atom is -0.293 e. The third-order valence-corrected chi connectivity index (χ3v) is 8.58. The second kappa shape index (κ2) is 7.62. The number of hydrogen-bond donors (Lipinski definition) is 0. The molecule has 0 saturated carbocycles. The Kier molecular flexibility index (Phi) is 5.34. The number of piperidine rings is 1. The van der Waals surface area contributed by atoms with Gasteiger partial charge in [-0.05, 0) is 81.4 Å². The van der Waals surface area contributed by atoms with E-state index in [0.717, 1.165) is 37.1 Å². The lowest BCUT2D eigenvalue weighted by molar-refractivity contribution is 0.0572. The van der Waals surface area contributed by atoms with Gasteiger partial charge >= 0.3 is 0 Å². The van der Waals surface area contributed by atoms with Crippen LogP contribution in [0.1, 0.15) is 42.4 Å². The lowest BCUT2D eigenvalue weighted by Crippen LogP contribution is -2.53. The van der Waals surface area contributed by atoms with E-state index in [1.807, 2.05) is 26.0 Å². The molecule has 2 fully saturated rings. The Bertz CT molecular complexity index is 926. The average Bonchev–Trinajstić information content (AvgIpc) is 3.26. The molecule has 2 aliphatic heterocycles. The van der Waals surface area contributed by atoms with E-state index in [2.05, 4.69) is 35.2 Å². The fourth-order valence-electron chi connectivity index (χ4n) is 4.80. The van der Waals surface area contributed by atoms with Crippen LogP contribution in [0, 0.1) is 13.8 Å². The molecule has 0 bridgehead atoms. The molecule has 5 heteroatoms. The largest absolute Gasteiger partial charge is 0.293 e. The number of aryl methyl sites for hydroxylation is 2. The topological polar surface area (TPSA) is 40.6 Å². The van der Waals surface area contributed by atoms with Gasteiger partial charge in [-0.3, -0.25) is 4.90 Å². The van der Waals surface area contributed by atoms with Crippen molar-refractivity contribution in [2.24, 2.45) is 0 Å². The van der Waals surface area contributed by atoms with Gasteiger partial charge in [-0.1, -0.05) is 36.4 Å². The molecule has 2 saturated heterocycles. The molecular formula is C23H30N2O2S. The molecule has 28 heavy (non-hydrogen) atoms. The number of sulfonamides is 1. The normalized spacial score (nSPS) is 21.1. The van der Waals surface area contributed by atoms with Crippen molar-refractivity contribution in [1.29, 1.82) is 0 Å². The van der Waals surface area contributed by atoms with Gasteiger partial charge in [0.25, 0.3) is 0 Å². The summed E-state index contributed by atoms with van der Waals surface area (Å²) in [5.74, 6) is 0. The van der Waals surface area contributed by atoms with Crippen molar-refractivity contribution in [3.63, 3.8) is 0 Å². The predicted molar refractivity (Wildman–Crippen MR) is 113 cm³/mol. The third-order valence-electron chi connectivity index (χ3n) is 6.69. The summed E-state index contributed by atoms with van der Waals surface area (Å²) in [5.41, 5.74) is 3.44. The van der Waals surface area contributed by atoms with Gasteiger partial charge in [-0.15, -0.1) is 0 Å². The van der Waals surface area contributed by atoms with E-state index in [0.29, 0.717) is 18.0 Å². The van der Waals surface area contributed by atoms with Crippen LogP contribution in [-0.2, 0) is 15.6 Å². The predicted octanol–water partition coefficient (Wildman–Crippen LogP) is 4.08. The van der Waals surface area contributed by atoms with E-state index in [4.69, 9.17) is 0 Å². The first-order valence-electron chi connectivity index (χ1n) is 10.3. The summed E-state index contributed by atoms with van der Waals surface area (Å²) in [6.07, 6.45) is 4.17. The molecule has 0 atom stereocenters. The Morgan fingerprint density at radius 2 is 1.46 bits per heavy atom. The fraction of sp³-hybridized carbons (Fsp3) is 0.478. The molecule has 0 radical (unpaired) electrons. The van der Waals surface area contributed by atoms with Crippen molar-refractivity contribution in [1.82, 2.24) is 9.21 Å². The van der Waals surface area contributed by atoms with Gasteiger partial charge in [0.15, 0.2) is 0 Å². The van der Waals surface area contributed by atoms with E-state index in [1.165, 1.54) is 18.4 Å².